The molecule has 2 aromatic rings. The highest BCUT2D eigenvalue weighted by Gasteiger charge is 2.06. The number of aromatic amines is 1. The van der Waals surface area contributed by atoms with Crippen molar-refractivity contribution in [2.45, 2.75) is 0 Å². The van der Waals surface area contributed by atoms with Crippen molar-refractivity contribution in [1.29, 1.82) is 0 Å². The van der Waals surface area contributed by atoms with Gasteiger partial charge in [0.15, 0.2) is 0 Å². The Morgan fingerprint density at radius 3 is 2.64 bits per heavy atom. The van der Waals surface area contributed by atoms with Gasteiger partial charge in [0.2, 0.25) is 0 Å². The Labute approximate surface area is 91.9 Å². The van der Waals surface area contributed by atoms with Crippen molar-refractivity contribution in [2.75, 3.05) is 0 Å². The van der Waals surface area contributed by atoms with Gasteiger partial charge in [0, 0.05) is 5.02 Å². The van der Waals surface area contributed by atoms with Gasteiger partial charge in [-0.05, 0) is 12.1 Å². The maximum Gasteiger partial charge on any atom is 0.307 e. The van der Waals surface area contributed by atoms with Crippen molar-refractivity contribution in [3.8, 4) is 0 Å². The number of benzene rings is 1. The van der Waals surface area contributed by atoms with E-state index in [-0.39, 0.29) is 0 Å². The lowest BCUT2D eigenvalue weighted by molar-refractivity contribution is 1.25. The molecule has 0 bridgehead atoms. The highest BCUT2D eigenvalue weighted by atomic mass is 35.5. The van der Waals surface area contributed by atoms with Crippen LogP contribution in [0, 0.1) is 0 Å². The molecule has 0 aliphatic carbocycles. The van der Waals surface area contributed by atoms with Gasteiger partial charge >= 0.3 is 4.87 Å². The summed E-state index contributed by atoms with van der Waals surface area (Å²) < 4.78 is 0.463. The lowest BCUT2D eigenvalue weighted by Crippen LogP contribution is -2.15. The number of hydrogen-bond donors (Lipinski definition) is 1. The van der Waals surface area contributed by atoms with E-state index in [9.17, 15) is 9.59 Å². The molecule has 1 aromatic carbocycles. The summed E-state index contributed by atoms with van der Waals surface area (Å²) in [7, 11) is 0. The minimum Gasteiger partial charge on any atom is -0.280 e. The van der Waals surface area contributed by atoms with Crippen LogP contribution in [0.1, 0.15) is 0 Å². The van der Waals surface area contributed by atoms with Crippen molar-refractivity contribution in [3.05, 3.63) is 42.2 Å². The number of halogens is 2. The van der Waals surface area contributed by atoms with E-state index in [0.717, 1.165) is 11.3 Å². The second-order valence-electron chi connectivity index (χ2n) is 2.61. The Bertz CT molecular complexity index is 617. The summed E-state index contributed by atoms with van der Waals surface area (Å²) in [4.78, 5) is 24.1. The van der Waals surface area contributed by atoms with Gasteiger partial charge in [0.05, 0.1) is 15.1 Å². The zero-order chi connectivity index (χ0) is 10.3. The van der Waals surface area contributed by atoms with E-state index in [1.165, 1.54) is 12.1 Å². The Kier molecular flexibility index (Phi) is 2.34. The van der Waals surface area contributed by atoms with Gasteiger partial charge < -0.3 is 0 Å². The van der Waals surface area contributed by atoms with Crippen LogP contribution in [0.25, 0.3) is 10.1 Å². The predicted molar refractivity (Wildman–Crippen MR) is 58.7 cm³/mol. The molecule has 6 heteroatoms. The summed E-state index contributed by atoms with van der Waals surface area (Å²) in [5.74, 6) is 0. The highest BCUT2D eigenvalue weighted by Crippen LogP contribution is 2.26. The average molecular weight is 248 g/mol. The number of rotatable bonds is 0. The molecule has 2 rings (SSSR count). The summed E-state index contributed by atoms with van der Waals surface area (Å²) >= 11 is 12.5. The summed E-state index contributed by atoms with van der Waals surface area (Å²) in [6, 6.07) is 2.98. The van der Waals surface area contributed by atoms with Crippen LogP contribution in [0.3, 0.4) is 0 Å². The molecule has 0 spiro atoms. The standard InChI is InChI=1S/C8H3Cl2NO2S/c9-3-1-4-6(5(10)2-3)14-8(13)11-7(4)12/h1-2H,(H,11,12,13). The van der Waals surface area contributed by atoms with Crippen LogP contribution in [-0.4, -0.2) is 4.98 Å². The molecule has 0 amide bonds. The van der Waals surface area contributed by atoms with Gasteiger partial charge in [-0.3, -0.25) is 14.6 Å². The Morgan fingerprint density at radius 1 is 1.21 bits per heavy atom. The van der Waals surface area contributed by atoms with Crippen LogP contribution in [0.4, 0.5) is 0 Å². The van der Waals surface area contributed by atoms with E-state index >= 15 is 0 Å². The van der Waals surface area contributed by atoms with E-state index in [4.69, 9.17) is 23.2 Å². The normalized spacial score (nSPS) is 10.7. The lowest BCUT2D eigenvalue weighted by Gasteiger charge is -1.98. The number of H-pyrrole nitrogens is 1. The fourth-order valence-corrected chi connectivity index (χ4v) is 2.47. The van der Waals surface area contributed by atoms with Crippen LogP contribution >= 0.6 is 34.5 Å². The Hall–Kier alpha value is -0.840. The van der Waals surface area contributed by atoms with Crippen LogP contribution < -0.4 is 10.4 Å². The second kappa shape index (κ2) is 3.38. The zero-order valence-corrected chi connectivity index (χ0v) is 8.96. The molecule has 0 unspecified atom stereocenters. The molecule has 0 saturated heterocycles. The number of aromatic nitrogens is 1. The van der Waals surface area contributed by atoms with Gasteiger partial charge in [-0.2, -0.15) is 0 Å². The molecule has 3 nitrogen and oxygen atoms in total. The predicted octanol–water partition coefficient (Wildman–Crippen LogP) is 2.26. The van der Waals surface area contributed by atoms with E-state index in [2.05, 4.69) is 4.98 Å². The first-order valence-electron chi connectivity index (χ1n) is 3.60. The van der Waals surface area contributed by atoms with E-state index in [0.29, 0.717) is 20.1 Å². The van der Waals surface area contributed by atoms with Crippen LogP contribution in [0.5, 0.6) is 0 Å². The third kappa shape index (κ3) is 1.56. The Morgan fingerprint density at radius 2 is 1.93 bits per heavy atom. The number of nitrogens with one attached hydrogen (secondary N) is 1. The quantitative estimate of drug-likeness (QED) is 0.777. The zero-order valence-electron chi connectivity index (χ0n) is 6.64. The number of fused-ring (bicyclic) bond motifs is 1. The van der Waals surface area contributed by atoms with Crippen molar-refractivity contribution < 1.29 is 0 Å². The summed E-state index contributed by atoms with van der Waals surface area (Å²) in [5, 5.41) is 1.03. The SMILES string of the molecule is O=c1[nH]c(=O)c2cc(Cl)cc(Cl)c2s1. The third-order valence-electron chi connectivity index (χ3n) is 1.66. The monoisotopic (exact) mass is 247 g/mol. The van der Waals surface area contributed by atoms with Gasteiger partial charge in [0.1, 0.15) is 0 Å². The van der Waals surface area contributed by atoms with Gasteiger partial charge in [-0.1, -0.05) is 34.5 Å². The molecule has 0 aliphatic rings. The molecule has 1 heterocycles. The molecule has 14 heavy (non-hydrogen) atoms. The molecule has 0 atom stereocenters. The van der Waals surface area contributed by atoms with Crippen LogP contribution in [0.2, 0.25) is 10.0 Å². The third-order valence-corrected chi connectivity index (χ3v) is 3.22. The first kappa shape index (κ1) is 9.71. The first-order chi connectivity index (χ1) is 6.58. The minimum atomic E-state index is -0.465. The Balaban J connectivity index is 3.10. The van der Waals surface area contributed by atoms with E-state index in [1.807, 2.05) is 0 Å². The van der Waals surface area contributed by atoms with Crippen molar-refractivity contribution in [2.24, 2.45) is 0 Å². The fraction of sp³-hybridized carbons (Fsp3) is 0. The molecule has 1 N–H and O–H groups in total. The van der Waals surface area contributed by atoms with E-state index in [1.54, 1.807) is 0 Å². The average Bonchev–Trinajstić information content (AvgIpc) is 2.07. The van der Waals surface area contributed by atoms with E-state index < -0.39 is 10.4 Å². The first-order valence-corrected chi connectivity index (χ1v) is 5.17. The molecular formula is C8H3Cl2NO2S. The molecule has 0 radical (unpaired) electrons. The largest absolute Gasteiger partial charge is 0.307 e. The molecule has 72 valence electrons. The molecular weight excluding hydrogens is 245 g/mol. The lowest BCUT2D eigenvalue weighted by atomic mass is 10.3. The van der Waals surface area contributed by atoms with Crippen molar-refractivity contribution in [3.63, 3.8) is 0 Å². The molecule has 0 aliphatic heterocycles. The minimum absolute atomic E-state index is 0.320. The van der Waals surface area contributed by atoms with Crippen molar-refractivity contribution in [1.82, 2.24) is 4.98 Å². The van der Waals surface area contributed by atoms with Crippen LogP contribution in [0.15, 0.2) is 21.7 Å². The van der Waals surface area contributed by atoms with Gasteiger partial charge in [0.25, 0.3) is 5.56 Å². The second-order valence-corrected chi connectivity index (χ2v) is 4.43. The maximum absolute atomic E-state index is 11.3. The van der Waals surface area contributed by atoms with Gasteiger partial charge in [-0.25, -0.2) is 0 Å². The highest BCUT2D eigenvalue weighted by molar-refractivity contribution is 7.16. The number of hydrogen-bond acceptors (Lipinski definition) is 3. The maximum atomic E-state index is 11.3. The van der Waals surface area contributed by atoms with Gasteiger partial charge in [-0.15, -0.1) is 0 Å². The summed E-state index contributed by atoms with van der Waals surface area (Å²) in [6.07, 6.45) is 0. The molecule has 1 aromatic heterocycles. The molecule has 0 saturated carbocycles. The van der Waals surface area contributed by atoms with Crippen molar-refractivity contribution >= 4 is 44.6 Å². The summed E-state index contributed by atoms with van der Waals surface area (Å²) in [6.45, 7) is 0. The topological polar surface area (TPSA) is 49.9 Å². The molecule has 0 fully saturated rings. The fourth-order valence-electron chi connectivity index (χ4n) is 1.11. The van der Waals surface area contributed by atoms with Crippen LogP contribution in [-0.2, 0) is 0 Å². The summed E-state index contributed by atoms with van der Waals surface area (Å²) in [5.41, 5.74) is -0.465. The smallest absolute Gasteiger partial charge is 0.280 e.